The molecule has 21 heavy (non-hydrogen) atoms. The standard InChI is InChI=1S/C18H21NO2/c1-19-14-16-10-11-17(18(13-16)20-2)21-12-6-9-15-7-4-3-5-8-15/h3-11,13,19H,12,14H2,1-2H3/b9-6+. The van der Waals surface area contributed by atoms with Crippen LogP contribution in [-0.2, 0) is 6.54 Å². The topological polar surface area (TPSA) is 30.5 Å². The highest BCUT2D eigenvalue weighted by molar-refractivity contribution is 5.49. The van der Waals surface area contributed by atoms with Crippen molar-refractivity contribution in [1.29, 1.82) is 0 Å². The molecule has 110 valence electrons. The van der Waals surface area contributed by atoms with Crippen molar-refractivity contribution in [1.82, 2.24) is 5.32 Å². The predicted octanol–water partition coefficient (Wildman–Crippen LogP) is 3.51. The maximum Gasteiger partial charge on any atom is 0.161 e. The minimum atomic E-state index is 0.511. The van der Waals surface area contributed by atoms with Crippen molar-refractivity contribution in [2.24, 2.45) is 0 Å². The molecule has 2 aromatic rings. The number of benzene rings is 2. The van der Waals surface area contributed by atoms with Gasteiger partial charge in [0.2, 0.25) is 0 Å². The molecule has 0 atom stereocenters. The Balaban J connectivity index is 1.95. The summed E-state index contributed by atoms with van der Waals surface area (Å²) in [5.41, 5.74) is 2.33. The van der Waals surface area contributed by atoms with Crippen LogP contribution in [0.1, 0.15) is 11.1 Å². The molecule has 0 unspecified atom stereocenters. The van der Waals surface area contributed by atoms with Crippen LogP contribution < -0.4 is 14.8 Å². The molecule has 0 saturated heterocycles. The Morgan fingerprint density at radius 3 is 2.57 bits per heavy atom. The molecular formula is C18H21NO2. The zero-order chi connectivity index (χ0) is 14.9. The van der Waals surface area contributed by atoms with Gasteiger partial charge < -0.3 is 14.8 Å². The van der Waals surface area contributed by atoms with E-state index in [1.165, 1.54) is 5.56 Å². The van der Waals surface area contributed by atoms with Crippen molar-refractivity contribution < 1.29 is 9.47 Å². The number of hydrogen-bond acceptors (Lipinski definition) is 3. The summed E-state index contributed by atoms with van der Waals surface area (Å²) in [5.74, 6) is 1.52. The van der Waals surface area contributed by atoms with E-state index in [0.717, 1.165) is 23.6 Å². The Morgan fingerprint density at radius 1 is 1.05 bits per heavy atom. The molecule has 0 amide bonds. The Bertz CT molecular complexity index is 579. The molecule has 0 bridgehead atoms. The van der Waals surface area contributed by atoms with Gasteiger partial charge in [0.25, 0.3) is 0 Å². The van der Waals surface area contributed by atoms with Crippen LogP contribution in [0.3, 0.4) is 0 Å². The molecule has 0 radical (unpaired) electrons. The largest absolute Gasteiger partial charge is 0.493 e. The second kappa shape index (κ2) is 8.12. The Hall–Kier alpha value is -2.26. The van der Waals surface area contributed by atoms with Crippen LogP contribution in [0.2, 0.25) is 0 Å². The number of rotatable bonds is 7. The van der Waals surface area contributed by atoms with Crippen LogP contribution in [0.5, 0.6) is 11.5 Å². The van der Waals surface area contributed by atoms with Gasteiger partial charge in [0.1, 0.15) is 6.61 Å². The molecule has 0 aliphatic heterocycles. The molecule has 0 fully saturated rings. The van der Waals surface area contributed by atoms with Crippen LogP contribution in [0, 0.1) is 0 Å². The number of hydrogen-bond donors (Lipinski definition) is 1. The lowest BCUT2D eigenvalue weighted by Crippen LogP contribution is -2.05. The van der Waals surface area contributed by atoms with Gasteiger partial charge in [0.05, 0.1) is 7.11 Å². The van der Waals surface area contributed by atoms with E-state index in [-0.39, 0.29) is 0 Å². The van der Waals surface area contributed by atoms with Crippen molar-refractivity contribution in [2.75, 3.05) is 20.8 Å². The Morgan fingerprint density at radius 2 is 1.86 bits per heavy atom. The van der Waals surface area contributed by atoms with E-state index in [4.69, 9.17) is 9.47 Å². The summed E-state index contributed by atoms with van der Waals surface area (Å²) in [7, 11) is 3.58. The fraction of sp³-hybridized carbons (Fsp3) is 0.222. The van der Waals surface area contributed by atoms with Gasteiger partial charge in [-0.3, -0.25) is 0 Å². The third kappa shape index (κ3) is 4.65. The molecule has 2 rings (SSSR count). The van der Waals surface area contributed by atoms with Crippen LogP contribution in [0.15, 0.2) is 54.6 Å². The molecule has 0 aromatic heterocycles. The SMILES string of the molecule is CNCc1ccc(OC/C=C/c2ccccc2)c(OC)c1. The van der Waals surface area contributed by atoms with Crippen molar-refractivity contribution in [2.45, 2.75) is 6.54 Å². The predicted molar refractivity (Wildman–Crippen MR) is 86.7 cm³/mol. The van der Waals surface area contributed by atoms with Crippen molar-refractivity contribution in [3.63, 3.8) is 0 Å². The van der Waals surface area contributed by atoms with Gasteiger partial charge in [0.15, 0.2) is 11.5 Å². The Labute approximate surface area is 126 Å². The highest BCUT2D eigenvalue weighted by Gasteiger charge is 2.04. The monoisotopic (exact) mass is 283 g/mol. The van der Waals surface area contributed by atoms with E-state index >= 15 is 0 Å². The molecule has 1 N–H and O–H groups in total. The maximum absolute atomic E-state index is 5.75. The second-order valence-corrected chi connectivity index (χ2v) is 4.64. The third-order valence-corrected chi connectivity index (χ3v) is 3.05. The lowest BCUT2D eigenvalue weighted by atomic mass is 10.2. The van der Waals surface area contributed by atoms with Gasteiger partial charge in [-0.1, -0.05) is 42.5 Å². The minimum Gasteiger partial charge on any atom is -0.493 e. The normalized spacial score (nSPS) is 10.8. The van der Waals surface area contributed by atoms with E-state index in [2.05, 4.69) is 17.4 Å². The highest BCUT2D eigenvalue weighted by atomic mass is 16.5. The maximum atomic E-state index is 5.75. The van der Waals surface area contributed by atoms with Crippen molar-refractivity contribution in [3.8, 4) is 11.5 Å². The van der Waals surface area contributed by atoms with Crippen LogP contribution in [-0.4, -0.2) is 20.8 Å². The van der Waals surface area contributed by atoms with Crippen molar-refractivity contribution >= 4 is 6.08 Å². The van der Waals surface area contributed by atoms with E-state index in [1.807, 2.05) is 55.6 Å². The smallest absolute Gasteiger partial charge is 0.161 e. The lowest BCUT2D eigenvalue weighted by molar-refractivity contribution is 0.326. The van der Waals surface area contributed by atoms with Gasteiger partial charge in [-0.15, -0.1) is 0 Å². The fourth-order valence-electron chi connectivity index (χ4n) is 2.03. The number of ether oxygens (including phenoxy) is 2. The quantitative estimate of drug-likeness (QED) is 0.843. The first-order valence-corrected chi connectivity index (χ1v) is 6.99. The molecule has 0 heterocycles. The molecule has 2 aromatic carbocycles. The molecule has 3 nitrogen and oxygen atoms in total. The first kappa shape index (κ1) is 15.1. The van der Waals surface area contributed by atoms with Gasteiger partial charge in [-0.25, -0.2) is 0 Å². The van der Waals surface area contributed by atoms with Crippen LogP contribution >= 0.6 is 0 Å². The zero-order valence-electron chi connectivity index (χ0n) is 12.5. The van der Waals surface area contributed by atoms with Gasteiger partial charge in [-0.2, -0.15) is 0 Å². The zero-order valence-corrected chi connectivity index (χ0v) is 12.5. The first-order chi connectivity index (χ1) is 10.3. The molecule has 3 heteroatoms. The van der Waals surface area contributed by atoms with E-state index in [9.17, 15) is 0 Å². The summed E-state index contributed by atoms with van der Waals surface area (Å²) in [6.07, 6.45) is 4.04. The minimum absolute atomic E-state index is 0.511. The van der Waals surface area contributed by atoms with Crippen LogP contribution in [0.25, 0.3) is 6.08 Å². The molecule has 0 aliphatic carbocycles. The fourth-order valence-corrected chi connectivity index (χ4v) is 2.03. The first-order valence-electron chi connectivity index (χ1n) is 6.99. The summed E-state index contributed by atoms with van der Waals surface area (Å²) in [6.45, 7) is 1.32. The summed E-state index contributed by atoms with van der Waals surface area (Å²) in [5, 5.41) is 3.12. The van der Waals surface area contributed by atoms with Gasteiger partial charge >= 0.3 is 0 Å². The van der Waals surface area contributed by atoms with Crippen LogP contribution in [0.4, 0.5) is 0 Å². The summed E-state index contributed by atoms with van der Waals surface area (Å²) < 4.78 is 11.1. The van der Waals surface area contributed by atoms with E-state index in [1.54, 1.807) is 7.11 Å². The summed E-state index contributed by atoms with van der Waals surface area (Å²) in [6, 6.07) is 16.1. The highest BCUT2D eigenvalue weighted by Crippen LogP contribution is 2.28. The molecule has 0 spiro atoms. The third-order valence-electron chi connectivity index (χ3n) is 3.05. The van der Waals surface area contributed by atoms with Crippen molar-refractivity contribution in [3.05, 3.63) is 65.7 Å². The Kier molecular flexibility index (Phi) is 5.85. The number of nitrogens with one attached hydrogen (secondary N) is 1. The second-order valence-electron chi connectivity index (χ2n) is 4.64. The molecular weight excluding hydrogens is 262 g/mol. The molecule has 0 saturated carbocycles. The average molecular weight is 283 g/mol. The summed E-state index contributed by atoms with van der Waals surface area (Å²) >= 11 is 0. The van der Waals surface area contributed by atoms with E-state index in [0.29, 0.717) is 6.61 Å². The van der Waals surface area contributed by atoms with Gasteiger partial charge in [-0.05, 0) is 36.4 Å². The van der Waals surface area contributed by atoms with Gasteiger partial charge in [0, 0.05) is 6.54 Å². The molecule has 0 aliphatic rings. The number of methoxy groups -OCH3 is 1. The average Bonchev–Trinajstić information content (AvgIpc) is 2.53. The van der Waals surface area contributed by atoms with E-state index < -0.39 is 0 Å². The summed E-state index contributed by atoms with van der Waals surface area (Å²) in [4.78, 5) is 0. The lowest BCUT2D eigenvalue weighted by Gasteiger charge is -2.11.